The first-order valence-corrected chi connectivity index (χ1v) is 11.6. The first-order chi connectivity index (χ1) is 16.9. The molecule has 0 bridgehead atoms. The number of fused-ring (bicyclic) bond motifs is 1. The average Bonchev–Trinajstić information content (AvgIpc) is 2.86. The van der Waals surface area contributed by atoms with Crippen LogP contribution >= 0.6 is 0 Å². The Morgan fingerprint density at radius 3 is 2.51 bits per heavy atom. The molecular formula is C29H27N5O. The minimum absolute atomic E-state index is 0.112. The van der Waals surface area contributed by atoms with Crippen molar-refractivity contribution in [3.8, 4) is 16.8 Å². The molecule has 5 rings (SSSR count). The average molecular weight is 462 g/mol. The Morgan fingerprint density at radius 1 is 0.943 bits per heavy atom. The Hall–Kier alpha value is -4.45. The van der Waals surface area contributed by atoms with Gasteiger partial charge in [-0.3, -0.25) is 14.3 Å². The minimum Gasteiger partial charge on any atom is -0.399 e. The quantitative estimate of drug-likeness (QED) is 0.322. The predicted octanol–water partition coefficient (Wildman–Crippen LogP) is 5.82. The number of nitrogens with one attached hydrogen (secondary N) is 1. The van der Waals surface area contributed by atoms with Crippen LogP contribution in [-0.4, -0.2) is 14.5 Å². The van der Waals surface area contributed by atoms with Crippen molar-refractivity contribution in [2.45, 2.75) is 26.8 Å². The van der Waals surface area contributed by atoms with Crippen molar-refractivity contribution in [3.05, 3.63) is 112 Å². The van der Waals surface area contributed by atoms with E-state index in [2.05, 4.69) is 10.3 Å². The fraction of sp³-hybridized carbons (Fsp3) is 0.138. The third-order valence-electron chi connectivity index (χ3n) is 6.17. The smallest absolute Gasteiger partial charge is 0.266 e. The van der Waals surface area contributed by atoms with Crippen LogP contribution in [0.2, 0.25) is 0 Å². The molecule has 6 heteroatoms. The number of aryl methyl sites for hydroxylation is 2. The molecule has 0 radical (unpaired) electrons. The summed E-state index contributed by atoms with van der Waals surface area (Å²) in [5.41, 5.74) is 12.7. The van der Waals surface area contributed by atoms with Gasteiger partial charge in [-0.15, -0.1) is 0 Å². The molecule has 0 saturated carbocycles. The molecule has 2 aromatic heterocycles. The molecule has 2 heterocycles. The molecule has 3 aromatic carbocycles. The van der Waals surface area contributed by atoms with Gasteiger partial charge in [0.1, 0.15) is 5.82 Å². The van der Waals surface area contributed by atoms with Gasteiger partial charge in [0.05, 0.1) is 22.6 Å². The van der Waals surface area contributed by atoms with Crippen molar-refractivity contribution < 1.29 is 0 Å². The van der Waals surface area contributed by atoms with E-state index in [1.165, 1.54) is 0 Å². The summed E-state index contributed by atoms with van der Waals surface area (Å²) in [6.07, 6.45) is 1.76. The van der Waals surface area contributed by atoms with Crippen LogP contribution in [0.25, 0.3) is 27.7 Å². The molecule has 0 aliphatic rings. The second-order valence-corrected chi connectivity index (χ2v) is 8.77. The first-order valence-electron chi connectivity index (χ1n) is 11.6. The number of para-hydroxylation sites is 1. The van der Waals surface area contributed by atoms with Crippen LogP contribution in [0.1, 0.15) is 30.0 Å². The lowest BCUT2D eigenvalue weighted by Crippen LogP contribution is -2.27. The van der Waals surface area contributed by atoms with Crippen molar-refractivity contribution in [2.24, 2.45) is 0 Å². The zero-order chi connectivity index (χ0) is 24.5. The molecule has 0 aliphatic carbocycles. The normalized spacial score (nSPS) is 12.0. The van der Waals surface area contributed by atoms with Crippen molar-refractivity contribution in [2.75, 3.05) is 11.1 Å². The topological polar surface area (TPSA) is 85.8 Å². The highest BCUT2D eigenvalue weighted by atomic mass is 16.1. The molecule has 0 spiro atoms. The highest BCUT2D eigenvalue weighted by Gasteiger charge is 2.20. The van der Waals surface area contributed by atoms with Crippen LogP contribution in [0.5, 0.6) is 0 Å². The summed E-state index contributed by atoms with van der Waals surface area (Å²) in [7, 11) is 0. The number of benzene rings is 3. The van der Waals surface area contributed by atoms with Crippen LogP contribution in [0, 0.1) is 13.8 Å². The number of hydrogen-bond donors (Lipinski definition) is 2. The maximum absolute atomic E-state index is 14.2. The molecule has 0 saturated heterocycles. The van der Waals surface area contributed by atoms with Crippen molar-refractivity contribution in [3.63, 3.8) is 0 Å². The van der Waals surface area contributed by atoms with Gasteiger partial charge in [0, 0.05) is 23.3 Å². The second-order valence-electron chi connectivity index (χ2n) is 8.77. The molecule has 0 amide bonds. The summed E-state index contributed by atoms with van der Waals surface area (Å²) >= 11 is 0. The molecule has 5 aromatic rings. The summed E-state index contributed by atoms with van der Waals surface area (Å²) in [5.74, 6) is 0.624. The molecule has 35 heavy (non-hydrogen) atoms. The molecular weight excluding hydrogens is 434 g/mol. The lowest BCUT2D eigenvalue weighted by atomic mass is 10.0. The van der Waals surface area contributed by atoms with Crippen LogP contribution in [-0.2, 0) is 0 Å². The van der Waals surface area contributed by atoms with Gasteiger partial charge in [0.25, 0.3) is 5.56 Å². The van der Waals surface area contributed by atoms with Crippen LogP contribution in [0.3, 0.4) is 0 Å². The summed E-state index contributed by atoms with van der Waals surface area (Å²) < 4.78 is 1.71. The molecule has 3 N–H and O–H groups in total. The number of nitrogens with two attached hydrogens (primary N) is 1. The highest BCUT2D eigenvalue weighted by molar-refractivity contribution is 5.94. The van der Waals surface area contributed by atoms with E-state index in [9.17, 15) is 4.79 Å². The molecule has 174 valence electrons. The minimum atomic E-state index is -0.264. The van der Waals surface area contributed by atoms with Crippen LogP contribution < -0.4 is 16.6 Å². The zero-order valence-corrected chi connectivity index (χ0v) is 20.0. The maximum atomic E-state index is 14.2. The van der Waals surface area contributed by atoms with Crippen LogP contribution in [0.15, 0.2) is 89.9 Å². The third kappa shape index (κ3) is 4.26. The second kappa shape index (κ2) is 9.06. The number of pyridine rings is 1. The number of nitrogens with zero attached hydrogens (tertiary/aromatic N) is 3. The van der Waals surface area contributed by atoms with E-state index in [-0.39, 0.29) is 11.6 Å². The maximum Gasteiger partial charge on any atom is 0.266 e. The van der Waals surface area contributed by atoms with Gasteiger partial charge in [0.15, 0.2) is 0 Å². The lowest BCUT2D eigenvalue weighted by Gasteiger charge is -2.22. The molecule has 6 nitrogen and oxygen atoms in total. The van der Waals surface area contributed by atoms with Crippen molar-refractivity contribution >= 4 is 22.3 Å². The van der Waals surface area contributed by atoms with E-state index >= 15 is 0 Å². The Morgan fingerprint density at radius 2 is 1.74 bits per heavy atom. The number of hydrogen-bond acceptors (Lipinski definition) is 5. The largest absolute Gasteiger partial charge is 0.399 e. The standard InChI is InChI=1S/C29H27N5O/c1-18-12-13-22(30)17-26(18)32-20(3)28-33-25-11-7-10-24(21-14-15-31-19(2)16-21)27(25)29(35)34(28)23-8-5-4-6-9-23/h4-17,20,32H,30H2,1-3H3/t20-/m0/s1. The molecule has 0 fully saturated rings. The SMILES string of the molecule is Cc1cc(-c2cccc3nc([C@H](C)Nc4cc(N)ccc4C)n(-c4ccccc4)c(=O)c23)ccn1. The lowest BCUT2D eigenvalue weighted by molar-refractivity contribution is 0.734. The van der Waals surface area contributed by atoms with E-state index in [0.29, 0.717) is 22.4 Å². The van der Waals surface area contributed by atoms with E-state index < -0.39 is 0 Å². The summed E-state index contributed by atoms with van der Waals surface area (Å²) in [4.78, 5) is 23.5. The van der Waals surface area contributed by atoms with Gasteiger partial charge in [-0.25, -0.2) is 4.98 Å². The van der Waals surface area contributed by atoms with Crippen LogP contribution in [0.4, 0.5) is 11.4 Å². The number of rotatable bonds is 5. The fourth-order valence-electron chi connectivity index (χ4n) is 4.41. The first kappa shape index (κ1) is 22.3. The van der Waals surface area contributed by atoms with Gasteiger partial charge in [-0.1, -0.05) is 36.4 Å². The summed E-state index contributed by atoms with van der Waals surface area (Å²) in [5, 5.41) is 4.09. The zero-order valence-electron chi connectivity index (χ0n) is 20.0. The van der Waals surface area contributed by atoms with Gasteiger partial charge >= 0.3 is 0 Å². The van der Waals surface area contributed by atoms with Gasteiger partial charge in [-0.05, 0) is 79.9 Å². The van der Waals surface area contributed by atoms with Gasteiger partial charge in [0.2, 0.25) is 0 Å². The summed E-state index contributed by atoms with van der Waals surface area (Å²) in [6, 6.07) is 24.8. The monoisotopic (exact) mass is 461 g/mol. The third-order valence-corrected chi connectivity index (χ3v) is 6.17. The van der Waals surface area contributed by atoms with Crippen molar-refractivity contribution in [1.29, 1.82) is 0 Å². The number of nitrogen functional groups attached to an aromatic ring is 1. The Labute approximate surface area is 204 Å². The predicted molar refractivity (Wildman–Crippen MR) is 143 cm³/mol. The number of anilines is 2. The molecule has 0 aliphatic heterocycles. The molecule has 0 unspecified atom stereocenters. The van der Waals surface area contributed by atoms with Gasteiger partial charge in [-0.2, -0.15) is 0 Å². The Bertz CT molecular complexity index is 1590. The van der Waals surface area contributed by atoms with E-state index in [1.54, 1.807) is 10.8 Å². The van der Waals surface area contributed by atoms with E-state index in [4.69, 9.17) is 10.7 Å². The molecule has 1 atom stereocenters. The van der Waals surface area contributed by atoms with E-state index in [1.807, 2.05) is 99.6 Å². The Balaban J connectivity index is 1.75. The number of aromatic nitrogens is 3. The van der Waals surface area contributed by atoms with Gasteiger partial charge < -0.3 is 11.1 Å². The fourth-order valence-corrected chi connectivity index (χ4v) is 4.41. The highest BCUT2D eigenvalue weighted by Crippen LogP contribution is 2.29. The van der Waals surface area contributed by atoms with E-state index in [0.717, 1.165) is 33.8 Å². The summed E-state index contributed by atoms with van der Waals surface area (Å²) in [6.45, 7) is 5.97. The van der Waals surface area contributed by atoms with Crippen molar-refractivity contribution in [1.82, 2.24) is 14.5 Å². The Kier molecular flexibility index (Phi) is 5.79.